The van der Waals surface area contributed by atoms with Crippen molar-refractivity contribution in [2.24, 2.45) is 7.05 Å². The minimum absolute atomic E-state index is 0.572. The number of nitrogens with one attached hydrogen (secondary N) is 1. The van der Waals surface area contributed by atoms with Crippen molar-refractivity contribution in [3.05, 3.63) is 23.6 Å². The number of hydrogen-bond donors (Lipinski definition) is 1. The zero-order valence-electron chi connectivity index (χ0n) is 8.64. The van der Waals surface area contributed by atoms with Crippen molar-refractivity contribution in [3.63, 3.8) is 0 Å². The molecular weight excluding hydrogens is 196 g/mol. The van der Waals surface area contributed by atoms with Crippen molar-refractivity contribution in [1.29, 1.82) is 0 Å². The van der Waals surface area contributed by atoms with E-state index in [1.807, 2.05) is 7.05 Å². The maximum absolute atomic E-state index is 4.84. The van der Waals surface area contributed by atoms with E-state index in [1.165, 1.54) is 0 Å². The summed E-state index contributed by atoms with van der Waals surface area (Å²) >= 11 is 0. The molecule has 0 aromatic carbocycles. The highest BCUT2D eigenvalue weighted by Gasteiger charge is 2.03. The molecule has 0 fully saturated rings. The second-order valence-electron chi connectivity index (χ2n) is 3.18. The molecule has 0 saturated heterocycles. The summed E-state index contributed by atoms with van der Waals surface area (Å²) in [4.78, 5) is 4.07. The van der Waals surface area contributed by atoms with Gasteiger partial charge in [-0.1, -0.05) is 10.4 Å². The Morgan fingerprint density at radius 2 is 2.33 bits per heavy atom. The van der Waals surface area contributed by atoms with Crippen molar-refractivity contribution in [1.82, 2.24) is 30.5 Å². The van der Waals surface area contributed by atoms with Crippen LogP contribution < -0.4 is 5.32 Å². The van der Waals surface area contributed by atoms with Crippen LogP contribution in [0.1, 0.15) is 17.4 Å². The van der Waals surface area contributed by atoms with Crippen molar-refractivity contribution in [2.75, 3.05) is 0 Å². The first-order valence-electron chi connectivity index (χ1n) is 4.59. The lowest BCUT2D eigenvalue weighted by molar-refractivity contribution is 0.385. The first-order chi connectivity index (χ1) is 7.25. The third kappa shape index (κ3) is 2.38. The molecular formula is C8H12N6O. The second kappa shape index (κ2) is 4.18. The van der Waals surface area contributed by atoms with Crippen molar-refractivity contribution in [2.45, 2.75) is 20.0 Å². The van der Waals surface area contributed by atoms with E-state index in [9.17, 15) is 0 Å². The number of nitrogens with zero attached hydrogens (tertiary/aromatic N) is 5. The number of aromatic nitrogens is 5. The van der Waals surface area contributed by atoms with Crippen molar-refractivity contribution < 1.29 is 4.52 Å². The van der Waals surface area contributed by atoms with Crippen LogP contribution in [-0.2, 0) is 20.1 Å². The molecule has 0 saturated carbocycles. The van der Waals surface area contributed by atoms with Gasteiger partial charge in [0.15, 0.2) is 5.82 Å². The third-order valence-electron chi connectivity index (χ3n) is 1.97. The van der Waals surface area contributed by atoms with Crippen LogP contribution in [0.5, 0.6) is 0 Å². The predicted octanol–water partition coefficient (Wildman–Crippen LogP) is -0.204. The standard InChI is InChI=1S/C8H12N6O/c1-6-11-8(12-15-6)5-9-3-7-4-10-13-14(7)2/h4,9H,3,5H2,1-2H3. The maximum atomic E-state index is 4.84. The molecule has 7 nitrogen and oxygen atoms in total. The van der Waals surface area contributed by atoms with Crippen LogP contribution in [0.15, 0.2) is 10.7 Å². The Balaban J connectivity index is 1.83. The molecule has 2 heterocycles. The van der Waals surface area contributed by atoms with E-state index >= 15 is 0 Å². The van der Waals surface area contributed by atoms with Crippen LogP contribution >= 0.6 is 0 Å². The smallest absolute Gasteiger partial charge is 0.223 e. The molecule has 0 aliphatic heterocycles. The SMILES string of the molecule is Cc1nc(CNCc2cnnn2C)no1. The normalized spacial score (nSPS) is 10.8. The molecule has 0 amide bonds. The van der Waals surface area contributed by atoms with Crippen molar-refractivity contribution >= 4 is 0 Å². The maximum Gasteiger partial charge on any atom is 0.223 e. The van der Waals surface area contributed by atoms with Gasteiger partial charge in [-0.3, -0.25) is 4.68 Å². The molecule has 2 aromatic heterocycles. The van der Waals surface area contributed by atoms with E-state index in [0.717, 1.165) is 5.69 Å². The number of hydrogen-bond acceptors (Lipinski definition) is 6. The van der Waals surface area contributed by atoms with Gasteiger partial charge < -0.3 is 9.84 Å². The zero-order valence-corrected chi connectivity index (χ0v) is 8.64. The molecule has 2 aromatic rings. The molecule has 80 valence electrons. The molecule has 1 N–H and O–H groups in total. The first-order valence-corrected chi connectivity index (χ1v) is 4.59. The summed E-state index contributed by atoms with van der Waals surface area (Å²) in [5.41, 5.74) is 1.01. The summed E-state index contributed by atoms with van der Waals surface area (Å²) < 4.78 is 6.56. The van der Waals surface area contributed by atoms with E-state index in [2.05, 4.69) is 25.8 Å². The summed E-state index contributed by atoms with van der Waals surface area (Å²) in [5.74, 6) is 1.23. The van der Waals surface area contributed by atoms with Crippen LogP contribution in [0.3, 0.4) is 0 Å². The Morgan fingerprint density at radius 3 is 2.93 bits per heavy atom. The van der Waals surface area contributed by atoms with Gasteiger partial charge in [0.2, 0.25) is 5.89 Å². The molecule has 0 spiro atoms. The van der Waals surface area contributed by atoms with E-state index in [-0.39, 0.29) is 0 Å². The predicted molar refractivity (Wildman–Crippen MR) is 50.6 cm³/mol. The van der Waals surface area contributed by atoms with Crippen molar-refractivity contribution in [3.8, 4) is 0 Å². The van der Waals surface area contributed by atoms with E-state index in [0.29, 0.717) is 24.8 Å². The van der Waals surface area contributed by atoms with Gasteiger partial charge in [-0.2, -0.15) is 4.98 Å². The Kier molecular flexibility index (Phi) is 2.72. The fourth-order valence-electron chi connectivity index (χ4n) is 1.19. The largest absolute Gasteiger partial charge is 0.340 e. The molecule has 0 bridgehead atoms. The van der Waals surface area contributed by atoms with Crippen LogP contribution in [0.4, 0.5) is 0 Å². The highest BCUT2D eigenvalue weighted by atomic mass is 16.5. The molecule has 0 unspecified atom stereocenters. The van der Waals surface area contributed by atoms with Gasteiger partial charge in [-0.15, -0.1) is 5.10 Å². The second-order valence-corrected chi connectivity index (χ2v) is 3.18. The Labute approximate surface area is 86.5 Å². The quantitative estimate of drug-likeness (QED) is 0.749. The first kappa shape index (κ1) is 9.78. The van der Waals surface area contributed by atoms with E-state index < -0.39 is 0 Å². The van der Waals surface area contributed by atoms with Crippen LogP contribution in [-0.4, -0.2) is 25.1 Å². The summed E-state index contributed by atoms with van der Waals surface area (Å²) in [7, 11) is 1.85. The number of aryl methyl sites for hydroxylation is 2. The lowest BCUT2D eigenvalue weighted by Crippen LogP contribution is -2.16. The highest BCUT2D eigenvalue weighted by molar-refractivity contribution is 4.93. The zero-order chi connectivity index (χ0) is 10.7. The van der Waals surface area contributed by atoms with Gasteiger partial charge in [0.25, 0.3) is 0 Å². The van der Waals surface area contributed by atoms with Gasteiger partial charge in [0.05, 0.1) is 18.4 Å². The van der Waals surface area contributed by atoms with Gasteiger partial charge in [0, 0.05) is 20.5 Å². The summed E-state index contributed by atoms with van der Waals surface area (Å²) in [6.07, 6.45) is 1.72. The summed E-state index contributed by atoms with van der Waals surface area (Å²) in [6, 6.07) is 0. The monoisotopic (exact) mass is 208 g/mol. The fourth-order valence-corrected chi connectivity index (χ4v) is 1.19. The van der Waals surface area contributed by atoms with Crippen LogP contribution in [0, 0.1) is 6.92 Å². The Bertz CT molecular complexity index is 434. The Morgan fingerprint density at radius 1 is 1.47 bits per heavy atom. The average molecular weight is 208 g/mol. The average Bonchev–Trinajstić information content (AvgIpc) is 2.77. The lowest BCUT2D eigenvalue weighted by Gasteiger charge is -2.00. The van der Waals surface area contributed by atoms with Gasteiger partial charge in [0.1, 0.15) is 0 Å². The summed E-state index contributed by atoms with van der Waals surface area (Å²) in [6.45, 7) is 3.02. The van der Waals surface area contributed by atoms with Gasteiger partial charge in [-0.05, 0) is 0 Å². The van der Waals surface area contributed by atoms with Crippen LogP contribution in [0.25, 0.3) is 0 Å². The van der Waals surface area contributed by atoms with E-state index in [1.54, 1.807) is 17.8 Å². The number of rotatable bonds is 4. The minimum atomic E-state index is 0.572. The topological polar surface area (TPSA) is 81.7 Å². The van der Waals surface area contributed by atoms with E-state index in [4.69, 9.17) is 4.52 Å². The van der Waals surface area contributed by atoms with Crippen LogP contribution in [0.2, 0.25) is 0 Å². The summed E-state index contributed by atoms with van der Waals surface area (Å²) in [5, 5.41) is 14.5. The third-order valence-corrected chi connectivity index (χ3v) is 1.97. The highest BCUT2D eigenvalue weighted by Crippen LogP contribution is 1.96. The molecule has 0 aliphatic carbocycles. The molecule has 0 aliphatic rings. The molecule has 7 heteroatoms. The Hall–Kier alpha value is -1.76. The molecule has 2 rings (SSSR count). The van der Waals surface area contributed by atoms with Gasteiger partial charge >= 0.3 is 0 Å². The fraction of sp³-hybridized carbons (Fsp3) is 0.500. The van der Waals surface area contributed by atoms with Gasteiger partial charge in [-0.25, -0.2) is 0 Å². The molecule has 15 heavy (non-hydrogen) atoms. The minimum Gasteiger partial charge on any atom is -0.340 e. The molecule has 0 atom stereocenters. The lowest BCUT2D eigenvalue weighted by atomic mass is 10.4. The molecule has 0 radical (unpaired) electrons.